The summed E-state index contributed by atoms with van der Waals surface area (Å²) in [5.41, 5.74) is 2.59. The summed E-state index contributed by atoms with van der Waals surface area (Å²) in [5.74, 6) is -13.9. The van der Waals surface area contributed by atoms with Crippen LogP contribution in [0.1, 0.15) is 11.1 Å². The molecule has 250 valence electrons. The normalized spacial score (nSPS) is 12.9. The predicted molar refractivity (Wildman–Crippen MR) is 157 cm³/mol. The molecule has 0 N–H and O–H groups in total. The predicted octanol–water partition coefficient (Wildman–Crippen LogP) is 9.58. The van der Waals surface area contributed by atoms with E-state index in [1.165, 1.54) is 34.2 Å². The van der Waals surface area contributed by atoms with Gasteiger partial charge in [0, 0.05) is 11.0 Å². The smallest absolute Gasteiger partial charge is 0.460 e. The van der Waals surface area contributed by atoms with E-state index < -0.39 is 33.4 Å². The molecular weight excluding hydrogens is 712 g/mol. The molecule has 0 atom stereocenters. The molecule has 0 saturated heterocycles. The fourth-order valence-corrected chi connectivity index (χ4v) is 8.84. The zero-order valence-electron chi connectivity index (χ0n) is 23.8. The molecule has 17 heteroatoms. The number of methoxy groups -OCH3 is 1. The van der Waals surface area contributed by atoms with Crippen LogP contribution in [0.2, 0.25) is 0 Å². The van der Waals surface area contributed by atoms with E-state index in [4.69, 9.17) is 4.74 Å². The van der Waals surface area contributed by atoms with Crippen LogP contribution in [0, 0.1) is 13.8 Å². The lowest BCUT2D eigenvalue weighted by atomic mass is 10.1. The van der Waals surface area contributed by atoms with Crippen molar-refractivity contribution < 1.29 is 57.2 Å². The van der Waals surface area contributed by atoms with Gasteiger partial charge in [-0.3, -0.25) is 0 Å². The zero-order valence-corrected chi connectivity index (χ0v) is 27.0. The van der Waals surface area contributed by atoms with Crippen LogP contribution in [-0.4, -0.2) is 43.4 Å². The summed E-state index contributed by atoms with van der Waals surface area (Å²) >= 11 is 3.70. The molecule has 0 fully saturated rings. The van der Waals surface area contributed by atoms with Crippen molar-refractivity contribution in [3.05, 3.63) is 96.1 Å². The lowest BCUT2D eigenvalue weighted by Crippen LogP contribution is -2.63. The number of rotatable bonds is 9. The molecule has 0 radical (unpaired) electrons. The van der Waals surface area contributed by atoms with Gasteiger partial charge in [-0.05, 0) is 68.4 Å². The van der Waals surface area contributed by atoms with Crippen molar-refractivity contribution >= 4 is 44.1 Å². The maximum Gasteiger partial charge on any atom is 0.460 e. The van der Waals surface area contributed by atoms with Gasteiger partial charge in [-0.2, -0.15) is 39.5 Å². The highest BCUT2D eigenvalue weighted by Crippen LogP contribution is 2.54. The van der Waals surface area contributed by atoms with Crippen molar-refractivity contribution in [2.75, 3.05) is 7.11 Å². The maximum absolute atomic E-state index is 12.2. The third-order valence-electron chi connectivity index (χ3n) is 5.98. The molecule has 1 aromatic heterocycles. The van der Waals surface area contributed by atoms with Crippen molar-refractivity contribution in [3.63, 3.8) is 0 Å². The first-order chi connectivity index (χ1) is 21.1. The van der Waals surface area contributed by atoms with Gasteiger partial charge < -0.3 is 9.29 Å². The average molecular weight is 735 g/mol. The Kier molecular flexibility index (Phi) is 11.5. The molecular formula is C29H23F9O4S4. The summed E-state index contributed by atoms with van der Waals surface area (Å²) in [6.07, 6.45) is -7.16. The molecule has 4 aromatic rings. The summed E-state index contributed by atoms with van der Waals surface area (Å²) < 4.78 is 143. The molecule has 1 heterocycles. The van der Waals surface area contributed by atoms with Gasteiger partial charge in [0.2, 0.25) is 4.21 Å². The number of alkyl halides is 9. The zero-order chi connectivity index (χ0) is 34.7. The molecule has 0 spiro atoms. The van der Waals surface area contributed by atoms with Gasteiger partial charge in [0.1, 0.15) is 16.6 Å². The second-order valence-corrected chi connectivity index (χ2v) is 15.5. The molecule has 0 amide bonds. The summed E-state index contributed by atoms with van der Waals surface area (Å²) in [6, 6.07) is 30.7. The Hall–Kier alpha value is -2.86. The molecule has 46 heavy (non-hydrogen) atoms. The van der Waals surface area contributed by atoms with E-state index in [9.17, 15) is 52.5 Å². The van der Waals surface area contributed by atoms with Gasteiger partial charge >= 0.3 is 23.3 Å². The topological polar surface area (TPSA) is 66.4 Å². The quantitative estimate of drug-likeness (QED) is 0.0974. The monoisotopic (exact) mass is 734 g/mol. The minimum absolute atomic E-state index is 0.0882. The van der Waals surface area contributed by atoms with Crippen LogP contribution in [0.4, 0.5) is 39.5 Å². The number of hydrogen-bond donors (Lipinski definition) is 0. The Balaban J connectivity index is 0.000000292. The molecule has 0 bridgehead atoms. The first-order valence-electron chi connectivity index (χ1n) is 12.6. The van der Waals surface area contributed by atoms with E-state index in [-0.39, 0.29) is 10.9 Å². The minimum atomic E-state index is -7.43. The van der Waals surface area contributed by atoms with E-state index in [0.717, 1.165) is 5.75 Å². The summed E-state index contributed by atoms with van der Waals surface area (Å²) in [4.78, 5) is 3.95. The summed E-state index contributed by atoms with van der Waals surface area (Å²) in [6.45, 7) is 4.28. The Bertz CT molecular complexity index is 1660. The van der Waals surface area contributed by atoms with Crippen molar-refractivity contribution in [2.24, 2.45) is 0 Å². The minimum Gasteiger partial charge on any atom is -0.743 e. The van der Waals surface area contributed by atoms with Crippen LogP contribution in [-0.2, 0) is 21.0 Å². The number of aryl methyl sites for hydroxylation is 2. The maximum atomic E-state index is 12.2. The third kappa shape index (κ3) is 8.16. The molecule has 0 saturated carbocycles. The lowest BCUT2D eigenvalue weighted by molar-refractivity contribution is -0.382. The van der Waals surface area contributed by atoms with E-state index in [1.807, 2.05) is 35.2 Å². The fraction of sp³-hybridized carbons (Fsp3) is 0.241. The van der Waals surface area contributed by atoms with Gasteiger partial charge in [0.25, 0.3) is 0 Å². The second kappa shape index (κ2) is 14.1. The van der Waals surface area contributed by atoms with Crippen molar-refractivity contribution in [1.29, 1.82) is 0 Å². The number of halogens is 9. The van der Waals surface area contributed by atoms with Gasteiger partial charge in [-0.1, -0.05) is 58.5 Å². The molecule has 4 nitrogen and oxygen atoms in total. The van der Waals surface area contributed by atoms with Crippen molar-refractivity contribution in [3.8, 4) is 5.75 Å². The summed E-state index contributed by atoms with van der Waals surface area (Å²) in [7, 11) is -5.81. The molecule has 0 aliphatic carbocycles. The number of benzene rings is 3. The largest absolute Gasteiger partial charge is 0.743 e. The van der Waals surface area contributed by atoms with Gasteiger partial charge in [0.05, 0.1) is 11.3 Å². The van der Waals surface area contributed by atoms with Crippen molar-refractivity contribution in [2.45, 2.75) is 60.2 Å². The Labute approximate surface area is 269 Å². The van der Waals surface area contributed by atoms with Gasteiger partial charge in [-0.15, -0.1) is 0 Å². The molecule has 0 aliphatic rings. The standard InChI is InChI=1S/C25H23OS3.C4HF9O3S/c1-18-4-12-22(13-5-18)29(23-14-6-19(2)7-15-23)25-17-16-24(28-25)27-21-10-8-20(26-3)9-11-21;5-1(6,3(9,10)11)2(7,8)4(12,13)17(14,15)16/h4-17H,1-3H3;(H,14,15,16)/q+1;/p-1. The lowest BCUT2D eigenvalue weighted by Gasteiger charge is -2.34. The second-order valence-electron chi connectivity index (χ2n) is 9.40. The van der Waals surface area contributed by atoms with Crippen LogP contribution in [0.25, 0.3) is 0 Å². The third-order valence-corrected chi connectivity index (χ3v) is 11.7. The fourth-order valence-electron chi connectivity index (χ4n) is 3.46. The van der Waals surface area contributed by atoms with E-state index in [2.05, 4.69) is 86.6 Å². The van der Waals surface area contributed by atoms with Gasteiger partial charge in [-0.25, -0.2) is 8.42 Å². The first-order valence-corrected chi connectivity index (χ1v) is 16.8. The van der Waals surface area contributed by atoms with Crippen molar-refractivity contribution in [1.82, 2.24) is 0 Å². The highest BCUT2D eigenvalue weighted by molar-refractivity contribution is 8.02. The van der Waals surface area contributed by atoms with E-state index in [1.54, 1.807) is 7.11 Å². The van der Waals surface area contributed by atoms with Crippen LogP contribution in [0.15, 0.2) is 108 Å². The first kappa shape index (κ1) is 37.6. The van der Waals surface area contributed by atoms with Gasteiger partial charge in [0.15, 0.2) is 19.9 Å². The molecule has 0 aliphatic heterocycles. The number of hydrogen-bond acceptors (Lipinski definition) is 6. The van der Waals surface area contributed by atoms with Crippen LogP contribution in [0.3, 0.4) is 0 Å². The van der Waals surface area contributed by atoms with Crippen LogP contribution < -0.4 is 4.74 Å². The number of ether oxygens (including phenoxy) is 1. The summed E-state index contributed by atoms with van der Waals surface area (Å²) in [5, 5.41) is -7.11. The SMILES string of the molecule is COc1ccc(Sc2ccc([S+](c3ccc(C)cc3)c3ccc(C)cc3)s2)cc1.O=S(=O)([O-])C(F)(F)C(F)(F)C(F)(F)C(F)(F)F. The number of thiophene rings is 1. The van der Waals surface area contributed by atoms with E-state index >= 15 is 0 Å². The molecule has 3 aromatic carbocycles. The van der Waals surface area contributed by atoms with Crippen LogP contribution >= 0.6 is 23.1 Å². The Morgan fingerprint density at radius 1 is 0.696 bits per heavy atom. The highest BCUT2D eigenvalue weighted by Gasteiger charge is 2.83. The molecule has 0 unspecified atom stereocenters. The average Bonchev–Trinajstić information content (AvgIpc) is 3.42. The van der Waals surface area contributed by atoms with Crippen LogP contribution in [0.5, 0.6) is 5.75 Å². The highest BCUT2D eigenvalue weighted by atomic mass is 32.2. The Morgan fingerprint density at radius 3 is 1.54 bits per heavy atom. The molecule has 4 rings (SSSR count). The Morgan fingerprint density at radius 2 is 1.15 bits per heavy atom. The van der Waals surface area contributed by atoms with E-state index in [0.29, 0.717) is 0 Å².